The second kappa shape index (κ2) is 8.02. The zero-order valence-corrected chi connectivity index (χ0v) is 13.9. The number of para-hydroxylation sites is 1. The molecule has 0 fully saturated rings. The summed E-state index contributed by atoms with van der Waals surface area (Å²) in [5, 5.41) is 7.97. The van der Waals surface area contributed by atoms with Crippen LogP contribution in [0.15, 0.2) is 41.8 Å². The molecule has 2 heterocycles. The summed E-state index contributed by atoms with van der Waals surface area (Å²) in [5.41, 5.74) is 1.23. The zero-order valence-electron chi connectivity index (χ0n) is 13.1. The van der Waals surface area contributed by atoms with Crippen molar-refractivity contribution in [2.75, 3.05) is 19.7 Å². The highest BCUT2D eigenvalue weighted by Crippen LogP contribution is 2.26. The fourth-order valence-electron chi connectivity index (χ4n) is 2.79. The van der Waals surface area contributed by atoms with E-state index in [1.165, 1.54) is 10.4 Å². The lowest BCUT2D eigenvalue weighted by molar-refractivity contribution is 0.237. The molecule has 2 N–H and O–H groups in total. The van der Waals surface area contributed by atoms with Crippen molar-refractivity contribution >= 4 is 17.4 Å². The lowest BCUT2D eigenvalue weighted by Crippen LogP contribution is -2.39. The third-order valence-electron chi connectivity index (χ3n) is 4.05. The van der Waals surface area contributed by atoms with Gasteiger partial charge in [-0.1, -0.05) is 24.3 Å². The Kier molecular flexibility index (Phi) is 5.53. The lowest BCUT2D eigenvalue weighted by atomic mass is 9.97. The summed E-state index contributed by atoms with van der Waals surface area (Å²) in [6, 6.07) is 12.2. The number of carbonyl (C=O) groups excluding carboxylic acids is 1. The van der Waals surface area contributed by atoms with Crippen LogP contribution in [-0.2, 0) is 12.8 Å². The average Bonchev–Trinajstić information content (AvgIpc) is 2.98. The van der Waals surface area contributed by atoms with Gasteiger partial charge in [-0.15, -0.1) is 11.3 Å². The van der Waals surface area contributed by atoms with Crippen LogP contribution in [0.1, 0.15) is 16.9 Å². The second-order valence-corrected chi connectivity index (χ2v) is 6.81. The maximum atomic E-state index is 11.9. The number of thiophene rings is 1. The Hall–Kier alpha value is -2.01. The van der Waals surface area contributed by atoms with Crippen molar-refractivity contribution in [1.82, 2.24) is 10.6 Å². The Morgan fingerprint density at radius 2 is 2.13 bits per heavy atom. The van der Waals surface area contributed by atoms with Gasteiger partial charge in [0.25, 0.3) is 0 Å². The molecule has 4 nitrogen and oxygen atoms in total. The Labute approximate surface area is 140 Å². The molecule has 23 heavy (non-hydrogen) atoms. The van der Waals surface area contributed by atoms with E-state index in [2.05, 4.69) is 28.1 Å². The summed E-state index contributed by atoms with van der Waals surface area (Å²) >= 11 is 1.72. The van der Waals surface area contributed by atoms with Gasteiger partial charge in [-0.25, -0.2) is 4.79 Å². The van der Waals surface area contributed by atoms with Gasteiger partial charge in [-0.3, -0.25) is 0 Å². The lowest BCUT2D eigenvalue weighted by Gasteiger charge is -2.15. The number of carbonyl (C=O) groups is 1. The minimum absolute atomic E-state index is 0.0833. The fraction of sp³-hybridized carbons (Fsp3) is 0.389. The van der Waals surface area contributed by atoms with Crippen LogP contribution in [0.5, 0.6) is 5.75 Å². The Balaban J connectivity index is 1.40. The van der Waals surface area contributed by atoms with Crippen LogP contribution in [0.4, 0.5) is 4.79 Å². The van der Waals surface area contributed by atoms with E-state index in [9.17, 15) is 4.79 Å². The first kappa shape index (κ1) is 15.9. The number of hydrogen-bond donors (Lipinski definition) is 2. The smallest absolute Gasteiger partial charge is 0.314 e. The van der Waals surface area contributed by atoms with E-state index in [4.69, 9.17) is 4.74 Å². The number of benzene rings is 1. The molecule has 0 saturated carbocycles. The first-order valence-electron chi connectivity index (χ1n) is 8.06. The number of urea groups is 1. The number of hydrogen-bond acceptors (Lipinski definition) is 3. The van der Waals surface area contributed by atoms with Gasteiger partial charge >= 0.3 is 6.03 Å². The van der Waals surface area contributed by atoms with Crippen LogP contribution >= 0.6 is 11.3 Å². The highest BCUT2D eigenvalue weighted by molar-refractivity contribution is 7.09. The van der Waals surface area contributed by atoms with Crippen molar-refractivity contribution in [3.05, 3.63) is 52.2 Å². The standard InChI is InChI=1S/C18H22N2O2S/c21-18(19-9-7-16-5-3-11-23-16)20-13-14-8-10-22-17-6-2-1-4-15(17)12-14/h1-6,11,14H,7-10,12-13H2,(H2,19,20,21)/t14-/m0/s1. The van der Waals surface area contributed by atoms with Gasteiger partial charge in [0.05, 0.1) is 6.61 Å². The van der Waals surface area contributed by atoms with Gasteiger partial charge in [0, 0.05) is 18.0 Å². The van der Waals surface area contributed by atoms with Crippen LogP contribution in [0.25, 0.3) is 0 Å². The summed E-state index contributed by atoms with van der Waals surface area (Å²) in [7, 11) is 0. The average molecular weight is 330 g/mol. The SMILES string of the molecule is O=C(NCCc1cccs1)NC[C@H]1CCOc2ccccc2C1. The van der Waals surface area contributed by atoms with E-state index in [0.29, 0.717) is 25.6 Å². The third kappa shape index (κ3) is 4.73. The molecule has 0 spiro atoms. The molecule has 1 aliphatic rings. The highest BCUT2D eigenvalue weighted by atomic mass is 32.1. The molecule has 2 aromatic rings. The third-order valence-corrected chi connectivity index (χ3v) is 4.99. The van der Waals surface area contributed by atoms with Crippen LogP contribution in [0, 0.1) is 5.92 Å². The predicted molar refractivity (Wildman–Crippen MR) is 93.2 cm³/mol. The number of nitrogens with one attached hydrogen (secondary N) is 2. The van der Waals surface area contributed by atoms with Crippen molar-refractivity contribution in [2.24, 2.45) is 5.92 Å². The summed E-state index contributed by atoms with van der Waals surface area (Å²) < 4.78 is 5.76. The van der Waals surface area contributed by atoms with E-state index in [1.54, 1.807) is 11.3 Å². The molecule has 0 radical (unpaired) electrons. The minimum atomic E-state index is -0.0833. The largest absolute Gasteiger partial charge is 0.493 e. The maximum absolute atomic E-state index is 11.9. The van der Waals surface area contributed by atoms with Gasteiger partial charge in [0.2, 0.25) is 0 Å². The topological polar surface area (TPSA) is 50.4 Å². The van der Waals surface area contributed by atoms with Crippen molar-refractivity contribution in [1.29, 1.82) is 0 Å². The monoisotopic (exact) mass is 330 g/mol. The molecule has 1 aliphatic heterocycles. The predicted octanol–water partition coefficient (Wildman–Crippen LogP) is 3.23. The van der Waals surface area contributed by atoms with Crippen LogP contribution in [0.3, 0.4) is 0 Å². The van der Waals surface area contributed by atoms with Crippen molar-refractivity contribution in [3.8, 4) is 5.75 Å². The molecule has 1 aromatic heterocycles. The van der Waals surface area contributed by atoms with Gasteiger partial charge in [-0.05, 0) is 48.3 Å². The Bertz CT molecular complexity index is 628. The van der Waals surface area contributed by atoms with Crippen molar-refractivity contribution in [3.63, 3.8) is 0 Å². The molecular weight excluding hydrogens is 308 g/mol. The Morgan fingerprint density at radius 3 is 3.00 bits per heavy atom. The van der Waals surface area contributed by atoms with Crippen molar-refractivity contribution in [2.45, 2.75) is 19.3 Å². The van der Waals surface area contributed by atoms with Crippen LogP contribution in [-0.4, -0.2) is 25.7 Å². The first-order valence-corrected chi connectivity index (χ1v) is 8.94. The van der Waals surface area contributed by atoms with Crippen molar-refractivity contribution < 1.29 is 9.53 Å². The normalized spacial score (nSPS) is 16.8. The van der Waals surface area contributed by atoms with Gasteiger partial charge in [0.15, 0.2) is 0 Å². The first-order chi connectivity index (χ1) is 11.3. The molecule has 0 bridgehead atoms. The van der Waals surface area contributed by atoms with E-state index in [-0.39, 0.29) is 6.03 Å². The highest BCUT2D eigenvalue weighted by Gasteiger charge is 2.17. The van der Waals surface area contributed by atoms with E-state index < -0.39 is 0 Å². The summed E-state index contributed by atoms with van der Waals surface area (Å²) in [6.07, 6.45) is 2.80. The molecular formula is C18H22N2O2S. The molecule has 1 aromatic carbocycles. The van der Waals surface area contributed by atoms with E-state index in [0.717, 1.165) is 25.0 Å². The fourth-order valence-corrected chi connectivity index (χ4v) is 3.50. The Morgan fingerprint density at radius 1 is 1.22 bits per heavy atom. The summed E-state index contributed by atoms with van der Waals surface area (Å²) in [6.45, 7) is 2.06. The molecule has 3 rings (SSSR count). The molecule has 0 unspecified atom stereocenters. The number of fused-ring (bicyclic) bond motifs is 1. The number of amides is 2. The van der Waals surface area contributed by atoms with Crippen LogP contribution in [0.2, 0.25) is 0 Å². The molecule has 122 valence electrons. The maximum Gasteiger partial charge on any atom is 0.314 e. The van der Waals surface area contributed by atoms with E-state index in [1.807, 2.05) is 24.3 Å². The molecule has 0 aliphatic carbocycles. The second-order valence-electron chi connectivity index (χ2n) is 5.78. The number of ether oxygens (including phenoxy) is 1. The van der Waals surface area contributed by atoms with Gasteiger partial charge < -0.3 is 15.4 Å². The molecule has 5 heteroatoms. The summed E-state index contributed by atoms with van der Waals surface area (Å²) in [5.74, 6) is 1.40. The quantitative estimate of drug-likeness (QED) is 0.884. The van der Waals surface area contributed by atoms with Gasteiger partial charge in [-0.2, -0.15) is 0 Å². The number of rotatable bonds is 5. The minimum Gasteiger partial charge on any atom is -0.493 e. The van der Waals surface area contributed by atoms with Crippen LogP contribution < -0.4 is 15.4 Å². The molecule has 0 saturated heterocycles. The van der Waals surface area contributed by atoms with E-state index >= 15 is 0 Å². The molecule has 1 atom stereocenters. The molecule has 2 amide bonds. The zero-order chi connectivity index (χ0) is 15.9. The van der Waals surface area contributed by atoms with Gasteiger partial charge in [0.1, 0.15) is 5.75 Å². The summed E-state index contributed by atoms with van der Waals surface area (Å²) in [4.78, 5) is 13.2.